The fraction of sp³-hybridized carbons (Fsp3) is 0.444. The largest absolute Gasteiger partial charge is 0.316 e. The van der Waals surface area contributed by atoms with Gasteiger partial charge in [0.1, 0.15) is 14.2 Å². The zero-order valence-electron chi connectivity index (χ0n) is 9.62. The Labute approximate surface area is 123 Å². The lowest BCUT2D eigenvalue weighted by Gasteiger charge is -2.19. The fourth-order valence-electron chi connectivity index (χ4n) is 1.37. The first-order chi connectivity index (χ1) is 8.35. The Morgan fingerprint density at radius 3 is 2.83 bits per heavy atom. The molecule has 1 aromatic rings. The molecule has 0 saturated heterocycles. The summed E-state index contributed by atoms with van der Waals surface area (Å²) in [4.78, 5) is 4.39. The van der Waals surface area contributed by atoms with Crippen LogP contribution in [0.1, 0.15) is 20.3 Å². The molecule has 0 saturated carbocycles. The zero-order valence-corrected chi connectivity index (χ0v) is 13.6. The van der Waals surface area contributed by atoms with Gasteiger partial charge < -0.3 is 5.32 Å². The lowest BCUT2D eigenvalue weighted by molar-refractivity contribution is 0.591. The molecule has 1 unspecified atom stereocenters. The van der Waals surface area contributed by atoms with Crippen molar-refractivity contribution in [2.24, 2.45) is 4.99 Å². The number of nitrogens with one attached hydrogen (secondary N) is 2. The van der Waals surface area contributed by atoms with Crippen molar-refractivity contribution in [2.75, 3.05) is 5.32 Å². The van der Waals surface area contributed by atoms with E-state index in [0.29, 0.717) is 13.8 Å². The minimum absolute atomic E-state index is 0.0376. The number of thiophene rings is 1. The van der Waals surface area contributed by atoms with Gasteiger partial charge in [0.15, 0.2) is 0 Å². The molecule has 18 heavy (non-hydrogen) atoms. The van der Waals surface area contributed by atoms with Gasteiger partial charge in [-0.05, 0) is 29.3 Å². The Bertz CT molecular complexity index is 612. The summed E-state index contributed by atoms with van der Waals surface area (Å²) in [5.41, 5.74) is 0. The minimum atomic E-state index is -3.62. The Morgan fingerprint density at radius 1 is 1.56 bits per heavy atom. The van der Waals surface area contributed by atoms with Crippen molar-refractivity contribution < 1.29 is 8.42 Å². The summed E-state index contributed by atoms with van der Waals surface area (Å²) in [6, 6.07) is 0.0376. The molecule has 1 aromatic heterocycles. The van der Waals surface area contributed by atoms with Gasteiger partial charge in [0, 0.05) is 0 Å². The predicted molar refractivity (Wildman–Crippen MR) is 78.2 cm³/mol. The van der Waals surface area contributed by atoms with Crippen LogP contribution in [0.15, 0.2) is 14.4 Å². The highest BCUT2D eigenvalue weighted by Crippen LogP contribution is 2.44. The third kappa shape index (κ3) is 2.52. The SMILES string of the molecule is CCC(C)N=C1Nc2sc(Cl)c(Br)c2S(=O)(=O)N1. The summed E-state index contributed by atoms with van der Waals surface area (Å²) in [5.74, 6) is 0.238. The molecule has 1 aliphatic rings. The van der Waals surface area contributed by atoms with Crippen molar-refractivity contribution in [3.63, 3.8) is 0 Å². The first kappa shape index (κ1) is 14.1. The van der Waals surface area contributed by atoms with Crippen LogP contribution < -0.4 is 10.0 Å². The second-order valence-electron chi connectivity index (χ2n) is 3.81. The second-order valence-corrected chi connectivity index (χ2v) is 7.85. The van der Waals surface area contributed by atoms with E-state index in [1.165, 1.54) is 0 Å². The van der Waals surface area contributed by atoms with Crippen LogP contribution in [-0.4, -0.2) is 20.4 Å². The standard InChI is InChI=1S/C9H11BrClN3O2S2/c1-3-4(2)12-9-13-8-6(18(15,16)14-9)5(10)7(11)17-8/h4H,3H2,1-2H3,(H2,12,13,14). The summed E-state index contributed by atoms with van der Waals surface area (Å²) in [6.07, 6.45) is 0.828. The average Bonchev–Trinajstić information content (AvgIpc) is 2.53. The van der Waals surface area contributed by atoms with Crippen molar-refractivity contribution in [3.8, 4) is 0 Å². The van der Waals surface area contributed by atoms with Crippen LogP contribution in [0.2, 0.25) is 4.34 Å². The van der Waals surface area contributed by atoms with Crippen LogP contribution in [-0.2, 0) is 10.0 Å². The minimum Gasteiger partial charge on any atom is -0.316 e. The topological polar surface area (TPSA) is 70.6 Å². The highest BCUT2D eigenvalue weighted by Gasteiger charge is 2.33. The normalized spacial score (nSPS) is 21.0. The van der Waals surface area contributed by atoms with E-state index in [-0.39, 0.29) is 16.9 Å². The van der Waals surface area contributed by atoms with E-state index in [1.807, 2.05) is 13.8 Å². The molecule has 2 heterocycles. The van der Waals surface area contributed by atoms with Gasteiger partial charge in [-0.3, -0.25) is 0 Å². The summed E-state index contributed by atoms with van der Waals surface area (Å²) in [7, 11) is -3.62. The van der Waals surface area contributed by atoms with E-state index in [2.05, 4.69) is 31.0 Å². The third-order valence-electron chi connectivity index (χ3n) is 2.44. The average molecular weight is 373 g/mol. The number of hydrogen-bond acceptors (Lipinski definition) is 4. The Kier molecular flexibility index (Phi) is 3.91. The molecule has 2 rings (SSSR count). The van der Waals surface area contributed by atoms with E-state index >= 15 is 0 Å². The van der Waals surface area contributed by atoms with Gasteiger partial charge in [0.05, 0.1) is 10.5 Å². The van der Waals surface area contributed by atoms with Crippen molar-refractivity contribution in [1.29, 1.82) is 0 Å². The predicted octanol–water partition coefficient (Wildman–Crippen LogP) is 3.02. The zero-order chi connectivity index (χ0) is 13.5. The summed E-state index contributed by atoms with van der Waals surface area (Å²) in [5, 5.41) is 3.42. The van der Waals surface area contributed by atoms with Crippen molar-refractivity contribution >= 4 is 59.9 Å². The highest BCUT2D eigenvalue weighted by molar-refractivity contribution is 9.10. The van der Waals surface area contributed by atoms with Crippen LogP contribution in [0.4, 0.5) is 5.00 Å². The van der Waals surface area contributed by atoms with E-state index in [9.17, 15) is 8.42 Å². The molecule has 100 valence electrons. The monoisotopic (exact) mass is 371 g/mol. The van der Waals surface area contributed by atoms with Gasteiger partial charge in [-0.2, -0.15) is 0 Å². The molecule has 0 fully saturated rings. The molecule has 9 heteroatoms. The smallest absolute Gasteiger partial charge is 0.268 e. The Balaban J connectivity index is 2.48. The first-order valence-corrected chi connectivity index (χ1v) is 8.67. The molecule has 0 spiro atoms. The van der Waals surface area contributed by atoms with Gasteiger partial charge in [-0.1, -0.05) is 18.5 Å². The van der Waals surface area contributed by atoms with Gasteiger partial charge >= 0.3 is 0 Å². The Morgan fingerprint density at radius 2 is 2.22 bits per heavy atom. The van der Waals surface area contributed by atoms with Crippen LogP contribution in [0, 0.1) is 0 Å². The molecule has 0 aromatic carbocycles. The number of hydrogen-bond donors (Lipinski definition) is 2. The number of halogens is 2. The first-order valence-electron chi connectivity index (χ1n) is 5.20. The lowest BCUT2D eigenvalue weighted by atomic mass is 10.3. The van der Waals surface area contributed by atoms with E-state index in [4.69, 9.17) is 11.6 Å². The van der Waals surface area contributed by atoms with Gasteiger partial charge in [0.2, 0.25) is 5.96 Å². The highest BCUT2D eigenvalue weighted by atomic mass is 79.9. The number of anilines is 1. The molecular weight excluding hydrogens is 362 g/mol. The van der Waals surface area contributed by atoms with Gasteiger partial charge in [-0.25, -0.2) is 18.1 Å². The van der Waals surface area contributed by atoms with Crippen LogP contribution in [0.25, 0.3) is 0 Å². The maximum absolute atomic E-state index is 12.1. The van der Waals surface area contributed by atoms with Crippen LogP contribution in [0.3, 0.4) is 0 Å². The summed E-state index contributed by atoms with van der Waals surface area (Å²) in [6.45, 7) is 3.89. The molecule has 2 N–H and O–H groups in total. The fourth-order valence-corrected chi connectivity index (χ4v) is 5.29. The number of sulfonamides is 1. The quantitative estimate of drug-likeness (QED) is 0.838. The molecule has 0 bridgehead atoms. The molecule has 1 atom stereocenters. The van der Waals surface area contributed by atoms with Gasteiger partial charge in [-0.15, -0.1) is 11.3 Å². The van der Waals surface area contributed by atoms with E-state index in [0.717, 1.165) is 17.8 Å². The van der Waals surface area contributed by atoms with Crippen molar-refractivity contribution in [3.05, 3.63) is 8.81 Å². The molecule has 0 amide bonds. The number of aliphatic imine (C=N–C) groups is 1. The molecule has 5 nitrogen and oxygen atoms in total. The van der Waals surface area contributed by atoms with E-state index < -0.39 is 10.0 Å². The number of guanidine groups is 1. The molecular formula is C9H11BrClN3O2S2. The van der Waals surface area contributed by atoms with E-state index in [1.54, 1.807) is 0 Å². The second kappa shape index (κ2) is 4.99. The van der Waals surface area contributed by atoms with Crippen molar-refractivity contribution in [1.82, 2.24) is 4.72 Å². The molecule has 0 aliphatic carbocycles. The molecule has 0 radical (unpaired) electrons. The third-order valence-corrected chi connectivity index (χ3v) is 6.84. The van der Waals surface area contributed by atoms with Crippen molar-refractivity contribution in [2.45, 2.75) is 31.2 Å². The van der Waals surface area contributed by atoms with Crippen LogP contribution in [0.5, 0.6) is 0 Å². The number of fused-ring (bicyclic) bond motifs is 1. The number of nitrogens with zero attached hydrogens (tertiary/aromatic N) is 1. The summed E-state index contributed by atoms with van der Waals surface area (Å²) < 4.78 is 27.3. The lowest BCUT2D eigenvalue weighted by Crippen LogP contribution is -2.40. The summed E-state index contributed by atoms with van der Waals surface area (Å²) >= 11 is 10.3. The maximum Gasteiger partial charge on any atom is 0.268 e. The maximum atomic E-state index is 12.1. The van der Waals surface area contributed by atoms with Crippen LogP contribution >= 0.6 is 38.9 Å². The Hall–Kier alpha value is -0.310. The van der Waals surface area contributed by atoms with Gasteiger partial charge in [0.25, 0.3) is 10.0 Å². The molecule has 1 aliphatic heterocycles. The number of rotatable bonds is 2.